The minimum atomic E-state index is 0. The lowest BCUT2D eigenvalue weighted by molar-refractivity contribution is 0.436. The Morgan fingerprint density at radius 2 is 1.31 bits per heavy atom. The highest BCUT2D eigenvalue weighted by atomic mass is 32.1. The van der Waals surface area contributed by atoms with Gasteiger partial charge in [0.2, 0.25) is 0 Å². The summed E-state index contributed by atoms with van der Waals surface area (Å²) >= 11 is 0. The minimum Gasteiger partial charge on any atom is -0.301 e. The molecule has 7 heteroatoms. The molecule has 4 fully saturated rings. The van der Waals surface area contributed by atoms with Crippen LogP contribution in [0.3, 0.4) is 0 Å². The van der Waals surface area contributed by atoms with Gasteiger partial charge in [0.25, 0.3) is 6.17 Å². The first kappa shape index (κ1) is 33.5. The molecule has 2 aliphatic carbocycles. The lowest BCUT2D eigenvalue weighted by Crippen LogP contribution is -2.28. The fourth-order valence-corrected chi connectivity index (χ4v) is 4.65. The summed E-state index contributed by atoms with van der Waals surface area (Å²) in [5.74, 6) is 2.84. The number of nitriles is 1. The van der Waals surface area contributed by atoms with Gasteiger partial charge in [0.15, 0.2) is 0 Å². The quantitative estimate of drug-likeness (QED) is 0.578. The van der Waals surface area contributed by atoms with Crippen LogP contribution in [0.1, 0.15) is 50.0 Å². The molecule has 6 atom stereocenters. The second kappa shape index (κ2) is 11.1. The highest BCUT2D eigenvalue weighted by Crippen LogP contribution is 2.62. The van der Waals surface area contributed by atoms with Gasteiger partial charge in [-0.05, 0) is 28.6 Å². The van der Waals surface area contributed by atoms with E-state index in [1.54, 1.807) is 0 Å². The molecule has 0 bridgehead atoms. The summed E-state index contributed by atoms with van der Waals surface area (Å²) in [6.45, 7) is 18.1. The van der Waals surface area contributed by atoms with Gasteiger partial charge in [0.1, 0.15) is 0 Å². The van der Waals surface area contributed by atoms with Gasteiger partial charge in [-0.2, -0.15) is 45.7 Å². The van der Waals surface area contributed by atoms with Crippen LogP contribution in [-0.4, -0.2) is 25.3 Å². The van der Waals surface area contributed by atoms with Crippen molar-refractivity contribution in [1.82, 2.24) is 10.6 Å². The van der Waals surface area contributed by atoms with Crippen LogP contribution >= 0.6 is 40.5 Å². The van der Waals surface area contributed by atoms with Crippen LogP contribution in [0.4, 0.5) is 0 Å². The predicted molar refractivity (Wildman–Crippen MR) is 129 cm³/mol. The van der Waals surface area contributed by atoms with Crippen LogP contribution in [0, 0.1) is 52.4 Å². The Morgan fingerprint density at radius 1 is 0.885 bits per heavy atom. The summed E-state index contributed by atoms with van der Waals surface area (Å²) in [5, 5.41) is 15.1. The average molecular weight is 423 g/mol. The van der Waals surface area contributed by atoms with Crippen molar-refractivity contribution in [3.05, 3.63) is 11.4 Å². The van der Waals surface area contributed by atoms with Crippen molar-refractivity contribution in [1.29, 1.82) is 5.26 Å². The maximum Gasteiger partial charge on any atom is 0.280 e. The summed E-state index contributed by atoms with van der Waals surface area (Å²) < 4.78 is 0. The van der Waals surface area contributed by atoms with Gasteiger partial charge in [-0.1, -0.05) is 50.0 Å². The number of fused-ring (bicyclic) bond motifs is 2. The van der Waals surface area contributed by atoms with Gasteiger partial charge in [0, 0.05) is 13.1 Å². The molecule has 2 saturated heterocycles. The second-order valence-electron chi connectivity index (χ2n) is 7.90. The third-order valence-corrected chi connectivity index (χ3v) is 6.36. The second-order valence-corrected chi connectivity index (χ2v) is 7.90. The van der Waals surface area contributed by atoms with E-state index in [-0.39, 0.29) is 75.0 Å². The standard InChI is InChI=1S/2C8H12N2.3CH4.3H2S/c1-8(2)5-4-10-7(9-3)6(5)8;1-8(2)5-4-10-6(3-9)7(5)8;;;;;;/h2*5-7,10H,4H2,1-2H3;3*1H4;3*1H2/t5-,6-,7-;5-,6+,7-;;;;;;/m10....../s1. The Labute approximate surface area is 183 Å². The number of rotatable bonds is 0. The number of nitrogens with one attached hydrogen (secondary N) is 2. The first-order valence-corrected chi connectivity index (χ1v) is 7.58. The van der Waals surface area contributed by atoms with E-state index in [0.29, 0.717) is 22.7 Å². The summed E-state index contributed by atoms with van der Waals surface area (Å²) in [7, 11) is 0. The van der Waals surface area contributed by atoms with E-state index in [9.17, 15) is 0 Å². The van der Waals surface area contributed by atoms with Gasteiger partial charge in [0.05, 0.1) is 18.0 Å². The van der Waals surface area contributed by atoms with Crippen LogP contribution in [0.5, 0.6) is 0 Å². The topological polar surface area (TPSA) is 52.2 Å². The molecule has 2 saturated carbocycles. The Hall–Kier alpha value is -0.0500. The van der Waals surface area contributed by atoms with Gasteiger partial charge in [-0.25, -0.2) is 11.9 Å². The zero-order chi connectivity index (χ0) is 14.7. The summed E-state index contributed by atoms with van der Waals surface area (Å²) in [4.78, 5) is 3.54. The van der Waals surface area contributed by atoms with E-state index in [4.69, 9.17) is 11.8 Å². The third-order valence-electron chi connectivity index (χ3n) is 6.36. The molecular formula is C19H42N4S3. The first-order chi connectivity index (χ1) is 9.35. The Bertz CT molecular complexity index is 464. The van der Waals surface area contributed by atoms with E-state index in [2.05, 4.69) is 49.2 Å². The van der Waals surface area contributed by atoms with Crippen LogP contribution in [0.15, 0.2) is 0 Å². The van der Waals surface area contributed by atoms with Crippen molar-refractivity contribution >= 4 is 40.5 Å². The molecule has 4 nitrogen and oxygen atoms in total. The fraction of sp³-hybridized carbons (Fsp3) is 0.895. The molecule has 2 N–H and O–H groups in total. The molecule has 2 aliphatic heterocycles. The van der Waals surface area contributed by atoms with Crippen molar-refractivity contribution in [2.45, 2.75) is 62.2 Å². The molecule has 4 aliphatic rings. The van der Waals surface area contributed by atoms with Crippen molar-refractivity contribution in [3.63, 3.8) is 0 Å². The van der Waals surface area contributed by atoms with E-state index >= 15 is 0 Å². The van der Waals surface area contributed by atoms with Crippen molar-refractivity contribution in [3.8, 4) is 6.07 Å². The van der Waals surface area contributed by atoms with Gasteiger partial charge < -0.3 is 5.32 Å². The maximum absolute atomic E-state index is 8.68. The fourth-order valence-electron chi connectivity index (χ4n) is 4.65. The molecule has 26 heavy (non-hydrogen) atoms. The smallest absolute Gasteiger partial charge is 0.280 e. The number of hydrogen-bond donors (Lipinski definition) is 2. The predicted octanol–water partition coefficient (Wildman–Crippen LogP) is 4.11. The number of nitrogens with zero attached hydrogens (tertiary/aromatic N) is 2. The van der Waals surface area contributed by atoms with Crippen LogP contribution in [0.2, 0.25) is 0 Å². The lowest BCUT2D eigenvalue weighted by atomic mass is 10.0. The van der Waals surface area contributed by atoms with Crippen LogP contribution < -0.4 is 10.6 Å². The van der Waals surface area contributed by atoms with Crippen molar-refractivity contribution in [2.24, 2.45) is 34.5 Å². The molecular weight excluding hydrogens is 380 g/mol. The van der Waals surface area contributed by atoms with E-state index in [1.807, 2.05) is 0 Å². The van der Waals surface area contributed by atoms with Crippen LogP contribution in [0.25, 0.3) is 4.85 Å². The molecule has 0 spiro atoms. The molecule has 0 amide bonds. The molecule has 0 radical (unpaired) electrons. The van der Waals surface area contributed by atoms with Gasteiger partial charge >= 0.3 is 0 Å². The Morgan fingerprint density at radius 3 is 1.54 bits per heavy atom. The van der Waals surface area contributed by atoms with Gasteiger partial charge in [-0.15, -0.1) is 0 Å². The normalized spacial score (nSPS) is 36.8. The molecule has 4 rings (SSSR count). The zero-order valence-electron chi connectivity index (χ0n) is 14.3. The monoisotopic (exact) mass is 422 g/mol. The Kier molecular flexibility index (Phi) is 14.3. The lowest BCUT2D eigenvalue weighted by Gasteiger charge is -2.11. The minimum absolute atomic E-state index is 0. The molecule has 2 heterocycles. The maximum atomic E-state index is 8.68. The van der Waals surface area contributed by atoms with E-state index in [0.717, 1.165) is 24.9 Å². The summed E-state index contributed by atoms with van der Waals surface area (Å²) in [6.07, 6.45) is 0.125. The third kappa shape index (κ3) is 5.06. The average Bonchev–Trinajstić information content (AvgIpc) is 3.00. The largest absolute Gasteiger partial charge is 0.301 e. The Balaban J connectivity index is -0.000000151. The zero-order valence-corrected chi connectivity index (χ0v) is 17.3. The highest BCUT2D eigenvalue weighted by molar-refractivity contribution is 7.59. The van der Waals surface area contributed by atoms with E-state index < -0.39 is 0 Å². The molecule has 0 unspecified atom stereocenters. The molecule has 0 aromatic rings. The van der Waals surface area contributed by atoms with Crippen molar-refractivity contribution in [2.75, 3.05) is 13.1 Å². The summed E-state index contributed by atoms with van der Waals surface area (Å²) in [5.41, 5.74) is 0.909. The van der Waals surface area contributed by atoms with Gasteiger partial charge in [-0.3, -0.25) is 4.85 Å². The van der Waals surface area contributed by atoms with E-state index in [1.165, 1.54) is 0 Å². The molecule has 0 aromatic heterocycles. The number of hydrogen-bond acceptors (Lipinski definition) is 3. The first-order valence-electron chi connectivity index (χ1n) is 7.58. The van der Waals surface area contributed by atoms with Crippen LogP contribution in [-0.2, 0) is 0 Å². The summed E-state index contributed by atoms with van der Waals surface area (Å²) in [6, 6.07) is 2.44. The molecule has 156 valence electrons. The van der Waals surface area contributed by atoms with Crippen molar-refractivity contribution < 1.29 is 0 Å². The SMILES string of the molecule is C.C.C.CC1(C)[C@@H]2[C@@H](C#N)NC[C@@H]21.S.S.S.[C-]#[N+][C@@H]1NC[C@@H]2[C@H]1C2(C)C. The number of piperidine rings is 2. The molecule has 0 aromatic carbocycles. The highest BCUT2D eigenvalue weighted by Gasteiger charge is 2.67.